The van der Waals surface area contributed by atoms with Crippen molar-refractivity contribution in [2.24, 2.45) is 0 Å². The summed E-state index contributed by atoms with van der Waals surface area (Å²) in [6, 6.07) is 7.36. The van der Waals surface area contributed by atoms with E-state index in [9.17, 15) is 9.18 Å². The van der Waals surface area contributed by atoms with Gasteiger partial charge in [-0.25, -0.2) is 9.37 Å². The molecule has 0 aliphatic heterocycles. The van der Waals surface area contributed by atoms with Gasteiger partial charge in [-0.1, -0.05) is 0 Å². The maximum atomic E-state index is 13.6. The highest BCUT2D eigenvalue weighted by molar-refractivity contribution is 7.99. The monoisotopic (exact) mass is 261 g/mol. The van der Waals surface area contributed by atoms with Crippen molar-refractivity contribution in [2.75, 3.05) is 0 Å². The van der Waals surface area contributed by atoms with Crippen LogP contribution in [0.25, 0.3) is 0 Å². The van der Waals surface area contributed by atoms with Crippen LogP contribution in [0, 0.1) is 24.1 Å². The van der Waals surface area contributed by atoms with Gasteiger partial charge in [0.05, 0.1) is 16.5 Å². The molecule has 0 unspecified atom stereocenters. The summed E-state index contributed by atoms with van der Waals surface area (Å²) in [7, 11) is 0. The predicted molar refractivity (Wildman–Crippen MR) is 64.8 cm³/mol. The molecule has 6 heteroatoms. The van der Waals surface area contributed by atoms with Crippen molar-refractivity contribution >= 4 is 11.8 Å². The van der Waals surface area contributed by atoms with E-state index in [0.29, 0.717) is 15.7 Å². The minimum Gasteiger partial charge on any atom is -0.301 e. The number of hydrogen-bond acceptors (Lipinski definition) is 4. The van der Waals surface area contributed by atoms with Crippen LogP contribution in [0.5, 0.6) is 0 Å². The van der Waals surface area contributed by atoms with Crippen molar-refractivity contribution in [1.29, 1.82) is 5.26 Å². The molecule has 0 saturated carbocycles. The van der Waals surface area contributed by atoms with Gasteiger partial charge in [0, 0.05) is 11.8 Å². The number of hydrogen-bond donors (Lipinski definition) is 1. The van der Waals surface area contributed by atoms with E-state index in [0.717, 1.165) is 17.8 Å². The van der Waals surface area contributed by atoms with E-state index in [1.165, 1.54) is 18.2 Å². The first-order chi connectivity index (χ1) is 8.58. The number of nitrogens with one attached hydrogen (secondary N) is 1. The minimum absolute atomic E-state index is 0.252. The summed E-state index contributed by atoms with van der Waals surface area (Å²) in [4.78, 5) is 18.2. The molecule has 2 rings (SSSR count). The molecule has 1 heterocycles. The molecule has 4 nitrogen and oxygen atoms in total. The molecule has 18 heavy (non-hydrogen) atoms. The van der Waals surface area contributed by atoms with Crippen LogP contribution in [-0.4, -0.2) is 9.97 Å². The Labute approximate surface area is 107 Å². The summed E-state index contributed by atoms with van der Waals surface area (Å²) >= 11 is 1.01. The minimum atomic E-state index is -0.511. The molecule has 1 aromatic heterocycles. The zero-order valence-corrected chi connectivity index (χ0v) is 10.2. The summed E-state index contributed by atoms with van der Waals surface area (Å²) in [6.07, 6.45) is 0. The first-order valence-electron chi connectivity index (χ1n) is 5.04. The van der Waals surface area contributed by atoms with Crippen molar-refractivity contribution in [1.82, 2.24) is 9.97 Å². The fourth-order valence-corrected chi connectivity index (χ4v) is 2.20. The van der Waals surface area contributed by atoms with Crippen LogP contribution in [-0.2, 0) is 0 Å². The number of benzene rings is 1. The van der Waals surface area contributed by atoms with E-state index in [4.69, 9.17) is 5.26 Å². The molecule has 0 amide bonds. The van der Waals surface area contributed by atoms with Gasteiger partial charge in [0.1, 0.15) is 5.82 Å². The van der Waals surface area contributed by atoms with Crippen molar-refractivity contribution in [3.8, 4) is 6.07 Å². The predicted octanol–water partition coefficient (Wildman–Crippen LogP) is 2.24. The number of rotatable bonds is 2. The lowest BCUT2D eigenvalue weighted by atomic mass is 10.2. The number of aryl methyl sites for hydroxylation is 1. The Balaban J connectivity index is 2.34. The maximum absolute atomic E-state index is 13.6. The average Bonchev–Trinajstić information content (AvgIpc) is 2.30. The Hall–Kier alpha value is -2.13. The van der Waals surface area contributed by atoms with Gasteiger partial charge in [-0.05, 0) is 36.9 Å². The van der Waals surface area contributed by atoms with Crippen molar-refractivity contribution < 1.29 is 4.39 Å². The number of halogens is 1. The lowest BCUT2D eigenvalue weighted by molar-refractivity contribution is 0.601. The Morgan fingerprint density at radius 1 is 1.44 bits per heavy atom. The van der Waals surface area contributed by atoms with Crippen LogP contribution in [0.1, 0.15) is 11.3 Å². The smallest absolute Gasteiger partial charge is 0.251 e. The van der Waals surface area contributed by atoms with E-state index < -0.39 is 5.82 Å². The fraction of sp³-hybridized carbons (Fsp3) is 0.0833. The highest BCUT2D eigenvalue weighted by atomic mass is 32.2. The van der Waals surface area contributed by atoms with Gasteiger partial charge in [0.15, 0.2) is 5.16 Å². The second-order valence-corrected chi connectivity index (χ2v) is 4.58. The average molecular weight is 261 g/mol. The highest BCUT2D eigenvalue weighted by Gasteiger charge is 2.07. The van der Waals surface area contributed by atoms with Gasteiger partial charge in [-0.2, -0.15) is 5.26 Å². The molecule has 0 spiro atoms. The maximum Gasteiger partial charge on any atom is 0.251 e. The van der Waals surface area contributed by atoms with Crippen LogP contribution < -0.4 is 5.56 Å². The zero-order valence-electron chi connectivity index (χ0n) is 9.40. The molecule has 1 aromatic carbocycles. The van der Waals surface area contributed by atoms with Crippen LogP contribution >= 0.6 is 11.8 Å². The quantitative estimate of drug-likeness (QED) is 0.842. The van der Waals surface area contributed by atoms with E-state index in [1.807, 2.05) is 6.07 Å². The fourth-order valence-electron chi connectivity index (χ4n) is 1.36. The molecule has 1 N–H and O–H groups in total. The Kier molecular flexibility index (Phi) is 3.44. The molecule has 0 saturated heterocycles. The van der Waals surface area contributed by atoms with Crippen LogP contribution in [0.3, 0.4) is 0 Å². The van der Waals surface area contributed by atoms with E-state index in [2.05, 4.69) is 9.97 Å². The van der Waals surface area contributed by atoms with Gasteiger partial charge in [0.2, 0.25) is 0 Å². The lowest BCUT2D eigenvalue weighted by Crippen LogP contribution is -2.07. The summed E-state index contributed by atoms with van der Waals surface area (Å²) in [5, 5.41) is 8.95. The molecule has 90 valence electrons. The Bertz CT molecular complexity index is 690. The molecule has 0 atom stereocenters. The molecule has 0 aliphatic rings. The van der Waals surface area contributed by atoms with Gasteiger partial charge < -0.3 is 4.98 Å². The van der Waals surface area contributed by atoms with E-state index in [1.54, 1.807) is 6.92 Å². The van der Waals surface area contributed by atoms with Crippen LogP contribution in [0.2, 0.25) is 0 Å². The number of nitriles is 1. The third-order valence-corrected chi connectivity index (χ3v) is 3.05. The van der Waals surface area contributed by atoms with Crippen LogP contribution in [0.4, 0.5) is 4.39 Å². The van der Waals surface area contributed by atoms with Crippen LogP contribution in [0.15, 0.2) is 39.1 Å². The first-order valence-corrected chi connectivity index (χ1v) is 5.85. The van der Waals surface area contributed by atoms with E-state index in [-0.39, 0.29) is 11.1 Å². The number of nitrogens with zero attached hydrogens (tertiary/aromatic N) is 2. The summed E-state index contributed by atoms with van der Waals surface area (Å²) in [6.45, 7) is 1.69. The Morgan fingerprint density at radius 2 is 2.22 bits per heavy atom. The highest BCUT2D eigenvalue weighted by Crippen LogP contribution is 2.27. The summed E-state index contributed by atoms with van der Waals surface area (Å²) in [5.74, 6) is -0.511. The van der Waals surface area contributed by atoms with E-state index >= 15 is 0 Å². The SMILES string of the molecule is Cc1cc(=O)[nH]c(Sc2ccc(C#N)cc2F)n1. The third kappa shape index (κ3) is 2.76. The molecule has 0 aliphatic carbocycles. The van der Waals surface area contributed by atoms with Gasteiger partial charge in [-0.3, -0.25) is 4.79 Å². The summed E-state index contributed by atoms with van der Waals surface area (Å²) < 4.78 is 13.6. The zero-order chi connectivity index (χ0) is 13.1. The Morgan fingerprint density at radius 3 is 2.83 bits per heavy atom. The topological polar surface area (TPSA) is 69.5 Å². The van der Waals surface area contributed by atoms with Gasteiger partial charge in [-0.15, -0.1) is 0 Å². The van der Waals surface area contributed by atoms with Crippen molar-refractivity contribution in [2.45, 2.75) is 17.0 Å². The molecule has 0 bridgehead atoms. The first kappa shape index (κ1) is 12.3. The number of aromatic nitrogens is 2. The third-order valence-electron chi connectivity index (χ3n) is 2.12. The molecular weight excluding hydrogens is 253 g/mol. The number of aromatic amines is 1. The number of H-pyrrole nitrogens is 1. The molecule has 0 radical (unpaired) electrons. The summed E-state index contributed by atoms with van der Waals surface area (Å²) in [5.41, 5.74) is 0.539. The van der Waals surface area contributed by atoms with Crippen molar-refractivity contribution in [3.05, 3.63) is 51.7 Å². The second-order valence-electron chi connectivity index (χ2n) is 3.55. The second kappa shape index (κ2) is 5.02. The molecule has 2 aromatic rings. The van der Waals surface area contributed by atoms with Gasteiger partial charge in [0.25, 0.3) is 5.56 Å². The largest absolute Gasteiger partial charge is 0.301 e. The van der Waals surface area contributed by atoms with Crippen molar-refractivity contribution in [3.63, 3.8) is 0 Å². The normalized spacial score (nSPS) is 10.1. The lowest BCUT2D eigenvalue weighted by Gasteiger charge is -2.03. The molecular formula is C12H8FN3OS. The van der Waals surface area contributed by atoms with Gasteiger partial charge >= 0.3 is 0 Å². The molecule has 0 fully saturated rings. The standard InChI is InChI=1S/C12H8FN3OS/c1-7-4-11(17)16-12(15-7)18-10-3-2-8(6-14)5-9(10)13/h2-5H,1H3,(H,15,16,17).